The smallest absolute Gasteiger partial charge is 0.265 e. The number of anilines is 1. The molecule has 1 aliphatic heterocycles. The number of fused-ring (bicyclic) bond motifs is 2. The van der Waals surface area contributed by atoms with Crippen LogP contribution < -0.4 is 10.1 Å². The van der Waals surface area contributed by atoms with Gasteiger partial charge < -0.3 is 10.1 Å². The minimum Gasteiger partial charge on any atom is -0.493 e. The first-order chi connectivity index (χ1) is 10.3. The first-order valence-electron chi connectivity index (χ1n) is 6.85. The van der Waals surface area contributed by atoms with Gasteiger partial charge in [-0.25, -0.2) is 0 Å². The van der Waals surface area contributed by atoms with Crippen LogP contribution in [0.25, 0.3) is 10.1 Å². The summed E-state index contributed by atoms with van der Waals surface area (Å²) in [6, 6.07) is 15.8. The fourth-order valence-electron chi connectivity index (χ4n) is 2.55. The van der Waals surface area contributed by atoms with Crippen molar-refractivity contribution in [2.24, 2.45) is 0 Å². The molecule has 0 saturated carbocycles. The van der Waals surface area contributed by atoms with Gasteiger partial charge in [-0.1, -0.05) is 18.2 Å². The number of rotatable bonds is 2. The van der Waals surface area contributed by atoms with Gasteiger partial charge in [0.25, 0.3) is 5.91 Å². The quantitative estimate of drug-likeness (QED) is 0.773. The van der Waals surface area contributed by atoms with Gasteiger partial charge in [0.2, 0.25) is 0 Å². The van der Waals surface area contributed by atoms with E-state index in [1.54, 1.807) is 0 Å². The van der Waals surface area contributed by atoms with Crippen LogP contribution in [0.5, 0.6) is 5.75 Å². The second-order valence-corrected chi connectivity index (χ2v) is 6.11. The molecule has 3 nitrogen and oxygen atoms in total. The fourth-order valence-corrected chi connectivity index (χ4v) is 3.51. The lowest BCUT2D eigenvalue weighted by Gasteiger charge is -2.05. The third-order valence-electron chi connectivity index (χ3n) is 3.60. The molecular formula is C17H13NO2S. The summed E-state index contributed by atoms with van der Waals surface area (Å²) in [5, 5.41) is 4.07. The predicted octanol–water partition coefficient (Wildman–Crippen LogP) is 4.09. The van der Waals surface area contributed by atoms with E-state index in [1.165, 1.54) is 11.3 Å². The second-order valence-electron chi connectivity index (χ2n) is 5.02. The van der Waals surface area contributed by atoms with Crippen LogP contribution in [-0.4, -0.2) is 12.5 Å². The van der Waals surface area contributed by atoms with Gasteiger partial charge in [-0.3, -0.25) is 4.79 Å². The number of carbonyl (C=O) groups is 1. The summed E-state index contributed by atoms with van der Waals surface area (Å²) < 4.78 is 6.60. The van der Waals surface area contributed by atoms with Crippen LogP contribution in [0.15, 0.2) is 48.5 Å². The van der Waals surface area contributed by atoms with Crippen LogP contribution in [0, 0.1) is 0 Å². The van der Waals surface area contributed by atoms with Gasteiger partial charge >= 0.3 is 0 Å². The normalized spacial score (nSPS) is 13.0. The molecule has 0 saturated heterocycles. The van der Waals surface area contributed by atoms with Crippen LogP contribution >= 0.6 is 11.3 Å². The summed E-state index contributed by atoms with van der Waals surface area (Å²) in [6.45, 7) is 0.725. The number of benzene rings is 2. The molecule has 1 aliphatic rings. The van der Waals surface area contributed by atoms with Crippen LogP contribution in [0.1, 0.15) is 15.2 Å². The van der Waals surface area contributed by atoms with Gasteiger partial charge in [-0.15, -0.1) is 11.3 Å². The number of thiophene rings is 1. The van der Waals surface area contributed by atoms with Crippen molar-refractivity contribution in [2.45, 2.75) is 6.42 Å². The molecule has 1 aromatic heterocycles. The van der Waals surface area contributed by atoms with Crippen molar-refractivity contribution in [3.63, 3.8) is 0 Å². The van der Waals surface area contributed by atoms with E-state index in [1.807, 2.05) is 48.5 Å². The Labute approximate surface area is 126 Å². The lowest BCUT2D eigenvalue weighted by molar-refractivity contribution is 0.103. The maximum Gasteiger partial charge on any atom is 0.265 e. The molecule has 1 amide bonds. The Morgan fingerprint density at radius 1 is 1.14 bits per heavy atom. The zero-order chi connectivity index (χ0) is 14.2. The molecule has 0 bridgehead atoms. The fraction of sp³-hybridized carbons (Fsp3) is 0.118. The Hall–Kier alpha value is -2.33. The average Bonchev–Trinajstić information content (AvgIpc) is 3.13. The van der Waals surface area contributed by atoms with Crippen LogP contribution in [0.3, 0.4) is 0 Å². The summed E-state index contributed by atoms with van der Waals surface area (Å²) in [7, 11) is 0. The van der Waals surface area contributed by atoms with E-state index in [0.29, 0.717) is 0 Å². The predicted molar refractivity (Wildman–Crippen MR) is 85.4 cm³/mol. The Balaban J connectivity index is 1.60. The van der Waals surface area contributed by atoms with Crippen molar-refractivity contribution in [2.75, 3.05) is 11.9 Å². The van der Waals surface area contributed by atoms with Crippen LogP contribution in [-0.2, 0) is 6.42 Å². The third-order valence-corrected chi connectivity index (χ3v) is 4.71. The third kappa shape index (κ3) is 2.28. The topological polar surface area (TPSA) is 38.3 Å². The summed E-state index contributed by atoms with van der Waals surface area (Å²) in [5.41, 5.74) is 1.98. The van der Waals surface area contributed by atoms with E-state index in [4.69, 9.17) is 4.74 Å². The molecule has 3 aromatic rings. The maximum absolute atomic E-state index is 12.4. The SMILES string of the molecule is O=C(Nc1ccc2c(c1)CCO2)c1cc2ccccc2s1. The highest BCUT2D eigenvalue weighted by atomic mass is 32.1. The van der Waals surface area contributed by atoms with E-state index in [0.717, 1.165) is 45.0 Å². The zero-order valence-electron chi connectivity index (χ0n) is 11.3. The molecule has 21 heavy (non-hydrogen) atoms. The van der Waals surface area contributed by atoms with Gasteiger partial charge in [0.1, 0.15) is 5.75 Å². The second kappa shape index (κ2) is 4.90. The van der Waals surface area contributed by atoms with Gasteiger partial charge in [0.15, 0.2) is 0 Å². The molecule has 104 valence electrons. The molecule has 0 spiro atoms. The molecule has 2 heterocycles. The number of hydrogen-bond donors (Lipinski definition) is 1. The van der Waals surface area contributed by atoms with Crippen molar-refractivity contribution in [1.29, 1.82) is 0 Å². The highest BCUT2D eigenvalue weighted by Crippen LogP contribution is 2.29. The molecule has 0 aliphatic carbocycles. The zero-order valence-corrected chi connectivity index (χ0v) is 12.1. The van der Waals surface area contributed by atoms with Crippen molar-refractivity contribution in [3.8, 4) is 5.75 Å². The molecule has 4 rings (SSSR count). The Morgan fingerprint density at radius 2 is 2.05 bits per heavy atom. The van der Waals surface area contributed by atoms with Gasteiger partial charge in [-0.2, -0.15) is 0 Å². The van der Waals surface area contributed by atoms with E-state index >= 15 is 0 Å². The monoisotopic (exact) mass is 295 g/mol. The summed E-state index contributed by atoms with van der Waals surface area (Å²) in [6.07, 6.45) is 0.905. The summed E-state index contributed by atoms with van der Waals surface area (Å²) in [4.78, 5) is 13.1. The minimum atomic E-state index is -0.0601. The highest BCUT2D eigenvalue weighted by Gasteiger charge is 2.14. The van der Waals surface area contributed by atoms with E-state index in [2.05, 4.69) is 5.32 Å². The van der Waals surface area contributed by atoms with Crippen molar-refractivity contribution >= 4 is 33.0 Å². The average molecular weight is 295 g/mol. The van der Waals surface area contributed by atoms with Crippen molar-refractivity contribution in [3.05, 3.63) is 59.0 Å². The van der Waals surface area contributed by atoms with Gasteiger partial charge in [-0.05, 0) is 41.3 Å². The number of carbonyl (C=O) groups excluding carboxylic acids is 1. The largest absolute Gasteiger partial charge is 0.493 e. The minimum absolute atomic E-state index is 0.0601. The lowest BCUT2D eigenvalue weighted by Crippen LogP contribution is -2.10. The van der Waals surface area contributed by atoms with Crippen molar-refractivity contribution < 1.29 is 9.53 Å². The summed E-state index contributed by atoms with van der Waals surface area (Å²) in [5.74, 6) is 0.866. The number of nitrogens with one attached hydrogen (secondary N) is 1. The van der Waals surface area contributed by atoms with Crippen molar-refractivity contribution in [1.82, 2.24) is 0 Å². The lowest BCUT2D eigenvalue weighted by atomic mass is 10.1. The summed E-state index contributed by atoms with van der Waals surface area (Å²) >= 11 is 1.51. The maximum atomic E-state index is 12.4. The molecule has 4 heteroatoms. The first kappa shape index (κ1) is 12.4. The van der Waals surface area contributed by atoms with E-state index < -0.39 is 0 Å². The van der Waals surface area contributed by atoms with E-state index in [9.17, 15) is 4.79 Å². The molecule has 0 fully saturated rings. The highest BCUT2D eigenvalue weighted by molar-refractivity contribution is 7.20. The molecule has 0 radical (unpaired) electrons. The number of ether oxygens (including phenoxy) is 1. The van der Waals surface area contributed by atoms with Gasteiger partial charge in [0, 0.05) is 16.8 Å². The number of hydrogen-bond acceptors (Lipinski definition) is 3. The molecule has 2 aromatic carbocycles. The first-order valence-corrected chi connectivity index (χ1v) is 7.67. The molecule has 0 unspecified atom stereocenters. The van der Waals surface area contributed by atoms with Crippen LogP contribution in [0.4, 0.5) is 5.69 Å². The van der Waals surface area contributed by atoms with Crippen LogP contribution in [0.2, 0.25) is 0 Å². The Kier molecular flexibility index (Phi) is 2.89. The number of amides is 1. The Morgan fingerprint density at radius 3 is 2.95 bits per heavy atom. The van der Waals surface area contributed by atoms with Gasteiger partial charge in [0.05, 0.1) is 11.5 Å². The van der Waals surface area contributed by atoms with E-state index in [-0.39, 0.29) is 5.91 Å². The molecular weight excluding hydrogens is 282 g/mol. The Bertz CT molecular complexity index is 805. The standard InChI is InChI=1S/C17H13NO2S/c19-17(16-10-12-3-1-2-4-15(12)21-16)18-13-5-6-14-11(9-13)7-8-20-14/h1-6,9-10H,7-8H2,(H,18,19). The molecule has 0 atom stereocenters. The molecule has 1 N–H and O–H groups in total.